The number of likely N-dealkylation sites (tertiary alicyclic amines) is 2. The van der Waals surface area contributed by atoms with E-state index in [0.717, 1.165) is 37.9 Å². The average molecular weight is 270 g/mol. The lowest BCUT2D eigenvalue weighted by Crippen LogP contribution is -2.58. The van der Waals surface area contributed by atoms with Crippen molar-refractivity contribution in [1.82, 2.24) is 9.80 Å². The highest BCUT2D eigenvalue weighted by atomic mass is 19.1. The van der Waals surface area contributed by atoms with Crippen molar-refractivity contribution in [2.45, 2.75) is 65.2 Å². The normalized spacial score (nSPS) is 39.5. The molecule has 4 atom stereocenters. The van der Waals surface area contributed by atoms with Crippen molar-refractivity contribution in [3.05, 3.63) is 0 Å². The third kappa shape index (κ3) is 3.69. The lowest BCUT2D eigenvalue weighted by molar-refractivity contribution is -0.0214. The first-order valence-electron chi connectivity index (χ1n) is 7.90. The highest BCUT2D eigenvalue weighted by Crippen LogP contribution is 2.29. The molecule has 0 N–H and O–H groups in total. The molecule has 0 amide bonds. The van der Waals surface area contributed by atoms with Crippen molar-refractivity contribution in [2.75, 3.05) is 26.2 Å². The number of hydrogen-bond donors (Lipinski definition) is 0. The average Bonchev–Trinajstić information content (AvgIpc) is 2.26. The van der Waals surface area contributed by atoms with Crippen molar-refractivity contribution >= 4 is 0 Å². The lowest BCUT2D eigenvalue weighted by atomic mass is 9.88. The summed E-state index contributed by atoms with van der Waals surface area (Å²) in [5, 5.41) is 0. The maximum Gasteiger partial charge on any atom is 0.128 e. The number of nitrogens with zero attached hydrogens (tertiary/aromatic N) is 2. The molecule has 2 heterocycles. The van der Waals surface area contributed by atoms with E-state index in [1.54, 1.807) is 0 Å². The maximum atomic E-state index is 14.6. The quantitative estimate of drug-likeness (QED) is 0.722. The van der Waals surface area contributed by atoms with Gasteiger partial charge in [0.2, 0.25) is 0 Å². The molecule has 0 radical (unpaired) electrons. The zero-order chi connectivity index (χ0) is 14.2. The second-order valence-corrected chi connectivity index (χ2v) is 7.89. The molecule has 19 heavy (non-hydrogen) atoms. The first-order valence-corrected chi connectivity index (χ1v) is 7.90. The van der Waals surface area contributed by atoms with E-state index >= 15 is 0 Å². The van der Waals surface area contributed by atoms with Gasteiger partial charge in [-0.15, -0.1) is 0 Å². The van der Waals surface area contributed by atoms with Crippen LogP contribution in [0.5, 0.6) is 0 Å². The molecule has 2 saturated heterocycles. The van der Waals surface area contributed by atoms with Crippen LogP contribution in [0.3, 0.4) is 0 Å². The van der Waals surface area contributed by atoms with Crippen LogP contribution in [0.4, 0.5) is 4.39 Å². The fourth-order valence-corrected chi connectivity index (χ4v) is 3.89. The monoisotopic (exact) mass is 270 g/mol. The van der Waals surface area contributed by atoms with Crippen LogP contribution in [-0.4, -0.2) is 53.7 Å². The van der Waals surface area contributed by atoms with Crippen LogP contribution in [0.1, 0.15) is 47.5 Å². The molecule has 2 aliphatic rings. The zero-order valence-electron chi connectivity index (χ0n) is 13.3. The third-order valence-corrected chi connectivity index (χ3v) is 4.82. The molecule has 2 aliphatic heterocycles. The molecule has 0 bridgehead atoms. The fourth-order valence-electron chi connectivity index (χ4n) is 3.89. The minimum atomic E-state index is -0.689. The number of rotatable bonds is 1. The molecule has 112 valence electrons. The molecular weight excluding hydrogens is 239 g/mol. The van der Waals surface area contributed by atoms with Crippen LogP contribution >= 0.6 is 0 Å². The smallest absolute Gasteiger partial charge is 0.128 e. The van der Waals surface area contributed by atoms with Crippen molar-refractivity contribution in [1.29, 1.82) is 0 Å². The van der Waals surface area contributed by atoms with E-state index in [0.29, 0.717) is 6.54 Å². The Morgan fingerprint density at radius 2 is 1.58 bits per heavy atom. The van der Waals surface area contributed by atoms with Gasteiger partial charge in [-0.1, -0.05) is 13.8 Å². The van der Waals surface area contributed by atoms with Crippen molar-refractivity contribution in [2.24, 2.45) is 11.8 Å². The predicted octanol–water partition coefficient (Wildman–Crippen LogP) is 3.18. The third-order valence-electron chi connectivity index (χ3n) is 4.82. The number of hydrogen-bond acceptors (Lipinski definition) is 2. The first-order chi connectivity index (χ1) is 8.77. The molecular formula is C16H31FN2. The second kappa shape index (κ2) is 5.69. The molecule has 0 spiro atoms. The van der Waals surface area contributed by atoms with Crippen LogP contribution in [0.15, 0.2) is 0 Å². The molecule has 0 aliphatic carbocycles. The summed E-state index contributed by atoms with van der Waals surface area (Å²) in [7, 11) is 0. The Labute approximate surface area is 118 Å². The van der Waals surface area contributed by atoms with Gasteiger partial charge < -0.3 is 0 Å². The molecule has 0 aromatic heterocycles. The Bertz CT molecular complexity index is 290. The summed E-state index contributed by atoms with van der Waals surface area (Å²) in [6.07, 6.45) is 1.59. The second-order valence-electron chi connectivity index (χ2n) is 7.89. The van der Waals surface area contributed by atoms with Gasteiger partial charge in [-0.25, -0.2) is 4.39 Å². The van der Waals surface area contributed by atoms with Gasteiger partial charge in [-0.3, -0.25) is 9.80 Å². The highest BCUT2D eigenvalue weighted by molar-refractivity contribution is 4.93. The highest BCUT2D eigenvalue weighted by Gasteiger charge is 2.38. The maximum absolute atomic E-state index is 14.6. The van der Waals surface area contributed by atoms with Gasteiger partial charge in [0.05, 0.1) is 0 Å². The van der Waals surface area contributed by atoms with Gasteiger partial charge in [-0.2, -0.15) is 0 Å². The SMILES string of the molecule is C[C@@H]1C[C@H](C)CN([C@@H]2CCN(C(C)(C)C)C[C@@H]2F)C1. The van der Waals surface area contributed by atoms with Crippen LogP contribution in [0.2, 0.25) is 0 Å². The first kappa shape index (κ1) is 15.2. The molecule has 0 unspecified atom stereocenters. The van der Waals surface area contributed by atoms with Crippen LogP contribution < -0.4 is 0 Å². The van der Waals surface area contributed by atoms with Crippen molar-refractivity contribution in [3.63, 3.8) is 0 Å². The molecule has 2 fully saturated rings. The molecule has 2 nitrogen and oxygen atoms in total. The zero-order valence-corrected chi connectivity index (χ0v) is 13.3. The van der Waals surface area contributed by atoms with Gasteiger partial charge in [0, 0.05) is 37.8 Å². The molecule has 2 rings (SSSR count). The molecule has 0 saturated carbocycles. The minimum absolute atomic E-state index is 0.0950. The van der Waals surface area contributed by atoms with E-state index in [4.69, 9.17) is 0 Å². The van der Waals surface area contributed by atoms with Gasteiger partial charge in [0.1, 0.15) is 6.17 Å². The van der Waals surface area contributed by atoms with Crippen molar-refractivity contribution < 1.29 is 4.39 Å². The summed E-state index contributed by atoms with van der Waals surface area (Å²) < 4.78 is 14.6. The van der Waals surface area contributed by atoms with Gasteiger partial charge in [-0.05, 0) is 45.4 Å². The summed E-state index contributed by atoms with van der Waals surface area (Å²) in [5.74, 6) is 1.44. The summed E-state index contributed by atoms with van der Waals surface area (Å²) in [6.45, 7) is 15.0. The van der Waals surface area contributed by atoms with Gasteiger partial charge in [0.15, 0.2) is 0 Å². The minimum Gasteiger partial charge on any atom is -0.297 e. The van der Waals surface area contributed by atoms with E-state index in [2.05, 4.69) is 44.4 Å². The van der Waals surface area contributed by atoms with Crippen molar-refractivity contribution in [3.8, 4) is 0 Å². The largest absolute Gasteiger partial charge is 0.297 e. The Hall–Kier alpha value is -0.150. The Kier molecular flexibility index (Phi) is 4.56. The topological polar surface area (TPSA) is 6.48 Å². The molecule has 0 aromatic carbocycles. The Morgan fingerprint density at radius 1 is 1.00 bits per heavy atom. The standard InChI is InChI=1S/C16H31FN2/c1-12-8-13(2)10-18(9-12)15-6-7-19(11-14(15)17)16(3,4)5/h12-15H,6-11H2,1-5H3/t12-,13+,14-,15+/m0/s1. The summed E-state index contributed by atoms with van der Waals surface area (Å²) in [5.41, 5.74) is 0.0950. The molecule has 0 aromatic rings. The molecule has 3 heteroatoms. The van der Waals surface area contributed by atoms with Crippen LogP contribution in [-0.2, 0) is 0 Å². The van der Waals surface area contributed by atoms with Crippen LogP contribution in [0.25, 0.3) is 0 Å². The number of alkyl halides is 1. The lowest BCUT2D eigenvalue weighted by Gasteiger charge is -2.48. The van der Waals surface area contributed by atoms with Gasteiger partial charge >= 0.3 is 0 Å². The fraction of sp³-hybridized carbons (Fsp3) is 1.00. The van der Waals surface area contributed by atoms with E-state index in [1.165, 1.54) is 6.42 Å². The van der Waals surface area contributed by atoms with E-state index < -0.39 is 6.17 Å². The summed E-state index contributed by atoms with van der Waals surface area (Å²) in [4.78, 5) is 4.73. The summed E-state index contributed by atoms with van der Waals surface area (Å²) in [6, 6.07) is 0.156. The predicted molar refractivity (Wildman–Crippen MR) is 79.1 cm³/mol. The number of piperidine rings is 2. The van der Waals surface area contributed by atoms with E-state index in [1.807, 2.05) is 0 Å². The van der Waals surface area contributed by atoms with E-state index in [9.17, 15) is 4.39 Å². The van der Waals surface area contributed by atoms with E-state index in [-0.39, 0.29) is 11.6 Å². The number of halogens is 1. The van der Waals surface area contributed by atoms with Crippen LogP contribution in [0, 0.1) is 11.8 Å². The Balaban J connectivity index is 1.96. The Morgan fingerprint density at radius 3 is 2.05 bits per heavy atom. The summed E-state index contributed by atoms with van der Waals surface area (Å²) >= 11 is 0. The van der Waals surface area contributed by atoms with Gasteiger partial charge in [0.25, 0.3) is 0 Å².